The second-order valence-corrected chi connectivity index (χ2v) is 6.35. The maximum atomic E-state index is 11.5. The fourth-order valence-corrected chi connectivity index (χ4v) is 3.21. The first-order valence-corrected chi connectivity index (χ1v) is 7.39. The average Bonchev–Trinajstić information content (AvgIpc) is 2.39. The lowest BCUT2D eigenvalue weighted by Gasteiger charge is -2.33. The van der Waals surface area contributed by atoms with E-state index in [9.17, 15) is 32.8 Å². The van der Waals surface area contributed by atoms with E-state index in [0.717, 1.165) is 0 Å². The van der Waals surface area contributed by atoms with Crippen molar-refractivity contribution in [2.75, 3.05) is 13.2 Å². The Morgan fingerprint density at radius 1 is 1.00 bits per heavy atom. The molecule has 4 atom stereocenters. The van der Waals surface area contributed by atoms with Crippen molar-refractivity contribution >= 4 is 22.1 Å². The fraction of sp³-hybridized carbons (Fsp3) is 0.800. The molecule has 0 aromatic carbocycles. The summed E-state index contributed by atoms with van der Waals surface area (Å²) in [5.74, 6) is -6.65. The molecule has 0 aliphatic heterocycles. The number of aliphatic carboxylic acids is 2. The predicted molar refractivity (Wildman–Crippen MR) is 68.5 cm³/mol. The Morgan fingerprint density at radius 3 is 1.73 bits per heavy atom. The first kappa shape index (κ1) is 20.7. The smallest absolute Gasteiger partial charge is 0.328 e. The van der Waals surface area contributed by atoms with Crippen molar-refractivity contribution in [1.29, 1.82) is 0 Å². The van der Waals surface area contributed by atoms with Crippen LogP contribution < -0.4 is 0 Å². The highest BCUT2D eigenvalue weighted by atomic mass is 32.2. The van der Waals surface area contributed by atoms with Gasteiger partial charge in [0.1, 0.15) is 0 Å². The maximum Gasteiger partial charge on any atom is 0.328 e. The highest BCUT2D eigenvalue weighted by molar-refractivity contribution is 7.88. The molecule has 0 bridgehead atoms. The molecular formula is C10H18O11S. The summed E-state index contributed by atoms with van der Waals surface area (Å²) in [5, 5.41) is 54.3. The first-order chi connectivity index (χ1) is 9.93. The third-order valence-corrected chi connectivity index (χ3v) is 4.70. The van der Waals surface area contributed by atoms with Crippen LogP contribution in [0.25, 0.3) is 0 Å². The number of carboxylic acid groups (broad SMARTS) is 2. The molecule has 0 radical (unpaired) electrons. The molecule has 0 aliphatic rings. The van der Waals surface area contributed by atoms with Gasteiger partial charge >= 0.3 is 11.9 Å². The van der Waals surface area contributed by atoms with Crippen molar-refractivity contribution in [2.24, 2.45) is 5.92 Å². The Balaban J connectivity index is 6.19. The lowest BCUT2D eigenvalue weighted by Crippen LogP contribution is -2.57. The predicted octanol–water partition coefficient (Wildman–Crippen LogP) is -3.11. The van der Waals surface area contributed by atoms with E-state index >= 15 is 0 Å². The number of carboxylic acids is 2. The van der Waals surface area contributed by atoms with E-state index in [2.05, 4.69) is 0 Å². The van der Waals surface area contributed by atoms with Crippen molar-refractivity contribution in [2.45, 2.75) is 29.8 Å². The minimum atomic E-state index is -5.57. The molecule has 130 valence electrons. The van der Waals surface area contributed by atoms with Gasteiger partial charge < -0.3 is 30.6 Å². The molecule has 0 heterocycles. The van der Waals surface area contributed by atoms with Gasteiger partial charge in [0.2, 0.25) is 4.75 Å². The number of carbonyl (C=O) groups is 2. The SMILES string of the molecule is O=C(O)C(CC(O)CO)C(CC(O)CO)(C(=O)O)S(=O)(=O)O. The molecule has 0 saturated heterocycles. The highest BCUT2D eigenvalue weighted by Crippen LogP contribution is 2.35. The molecule has 0 aromatic rings. The molecule has 0 aromatic heterocycles. The minimum absolute atomic E-state index is 0.979. The summed E-state index contributed by atoms with van der Waals surface area (Å²) in [5.41, 5.74) is 0. The number of aliphatic hydroxyl groups excluding tert-OH is 4. The van der Waals surface area contributed by atoms with Crippen LogP contribution in [0.4, 0.5) is 0 Å². The van der Waals surface area contributed by atoms with Gasteiger partial charge in [0.25, 0.3) is 10.1 Å². The summed E-state index contributed by atoms with van der Waals surface area (Å²) in [7, 11) is -5.57. The van der Waals surface area contributed by atoms with Crippen LogP contribution in [-0.2, 0) is 19.7 Å². The quantitative estimate of drug-likeness (QED) is 0.197. The van der Waals surface area contributed by atoms with Crippen LogP contribution in [0.5, 0.6) is 0 Å². The summed E-state index contributed by atoms with van der Waals surface area (Å²) < 4.78 is 28.9. The molecule has 0 spiro atoms. The largest absolute Gasteiger partial charge is 0.481 e. The van der Waals surface area contributed by atoms with Crippen LogP contribution in [-0.4, -0.2) is 85.7 Å². The average molecular weight is 346 g/mol. The number of hydrogen-bond donors (Lipinski definition) is 7. The monoisotopic (exact) mass is 346 g/mol. The van der Waals surface area contributed by atoms with Gasteiger partial charge in [0.05, 0.1) is 31.3 Å². The number of hydrogen-bond acceptors (Lipinski definition) is 8. The van der Waals surface area contributed by atoms with Gasteiger partial charge in [0.15, 0.2) is 0 Å². The summed E-state index contributed by atoms with van der Waals surface area (Å²) in [6.07, 6.45) is -6.07. The van der Waals surface area contributed by atoms with E-state index < -0.39 is 71.0 Å². The topological polar surface area (TPSA) is 210 Å². The normalized spacial score (nSPS) is 19.0. The number of rotatable bonds is 10. The van der Waals surface area contributed by atoms with Crippen LogP contribution in [0.1, 0.15) is 12.8 Å². The second kappa shape index (κ2) is 7.80. The molecule has 11 nitrogen and oxygen atoms in total. The Kier molecular flexibility index (Phi) is 7.34. The zero-order chi connectivity index (χ0) is 17.7. The second-order valence-electron chi connectivity index (χ2n) is 4.67. The summed E-state index contributed by atoms with van der Waals surface area (Å²) in [6, 6.07) is 0. The highest BCUT2D eigenvalue weighted by Gasteiger charge is 2.60. The molecule has 0 saturated carbocycles. The summed E-state index contributed by atoms with van der Waals surface area (Å²) in [4.78, 5) is 22.6. The van der Waals surface area contributed by atoms with Gasteiger partial charge in [-0.3, -0.25) is 14.1 Å². The van der Waals surface area contributed by atoms with Gasteiger partial charge in [-0.05, 0) is 6.42 Å². The third kappa shape index (κ3) is 4.34. The van der Waals surface area contributed by atoms with Crippen molar-refractivity contribution in [1.82, 2.24) is 0 Å². The minimum Gasteiger partial charge on any atom is -0.481 e. The van der Waals surface area contributed by atoms with E-state index in [1.54, 1.807) is 0 Å². The van der Waals surface area contributed by atoms with Gasteiger partial charge in [-0.15, -0.1) is 0 Å². The summed E-state index contributed by atoms with van der Waals surface area (Å²) in [6.45, 7) is -2.06. The Morgan fingerprint density at radius 2 is 1.45 bits per heavy atom. The Labute approximate surface area is 125 Å². The maximum absolute atomic E-state index is 11.5. The third-order valence-electron chi connectivity index (χ3n) is 3.15. The summed E-state index contributed by atoms with van der Waals surface area (Å²) >= 11 is 0. The van der Waals surface area contributed by atoms with Gasteiger partial charge in [0, 0.05) is 6.42 Å². The molecular weight excluding hydrogens is 328 g/mol. The first-order valence-electron chi connectivity index (χ1n) is 5.95. The lowest BCUT2D eigenvalue weighted by atomic mass is 9.82. The van der Waals surface area contributed by atoms with Crippen LogP contribution in [0.2, 0.25) is 0 Å². The number of aliphatic hydroxyl groups is 4. The van der Waals surface area contributed by atoms with Crippen LogP contribution in [0.3, 0.4) is 0 Å². The van der Waals surface area contributed by atoms with E-state index in [1.807, 2.05) is 0 Å². The Bertz CT molecular complexity index is 501. The molecule has 0 amide bonds. The van der Waals surface area contributed by atoms with Gasteiger partial charge in [-0.25, -0.2) is 0 Å². The van der Waals surface area contributed by atoms with Crippen molar-refractivity contribution < 1.29 is 53.2 Å². The van der Waals surface area contributed by atoms with Crippen LogP contribution >= 0.6 is 0 Å². The molecule has 22 heavy (non-hydrogen) atoms. The van der Waals surface area contributed by atoms with Gasteiger partial charge in [-0.1, -0.05) is 0 Å². The van der Waals surface area contributed by atoms with Crippen molar-refractivity contribution in [3.8, 4) is 0 Å². The molecule has 4 unspecified atom stereocenters. The lowest BCUT2D eigenvalue weighted by molar-refractivity contribution is -0.154. The molecule has 0 aliphatic carbocycles. The van der Waals surface area contributed by atoms with E-state index in [-0.39, 0.29) is 0 Å². The van der Waals surface area contributed by atoms with Crippen LogP contribution in [0.15, 0.2) is 0 Å². The van der Waals surface area contributed by atoms with Crippen LogP contribution in [0, 0.1) is 5.92 Å². The van der Waals surface area contributed by atoms with Crippen molar-refractivity contribution in [3.63, 3.8) is 0 Å². The molecule has 0 rings (SSSR count). The molecule has 0 fully saturated rings. The fourth-order valence-electron chi connectivity index (χ4n) is 2.03. The zero-order valence-corrected chi connectivity index (χ0v) is 12.0. The molecule has 12 heteroatoms. The van der Waals surface area contributed by atoms with E-state index in [1.165, 1.54) is 0 Å². The zero-order valence-electron chi connectivity index (χ0n) is 11.2. The standard InChI is InChI=1S/C10H18O11S/c11-3-5(13)1-7(8(15)16)10(9(17)18,22(19,20)21)2-6(14)4-12/h5-7,11-14H,1-4H2,(H,15,16)(H,17,18)(H,19,20,21). The van der Waals surface area contributed by atoms with Crippen molar-refractivity contribution in [3.05, 3.63) is 0 Å². The van der Waals surface area contributed by atoms with E-state index in [4.69, 9.17) is 20.4 Å². The van der Waals surface area contributed by atoms with Gasteiger partial charge in [-0.2, -0.15) is 8.42 Å². The van der Waals surface area contributed by atoms with E-state index in [0.29, 0.717) is 0 Å². The molecule has 7 N–H and O–H groups in total. The Hall–Kier alpha value is -1.31.